The van der Waals surface area contributed by atoms with Crippen molar-refractivity contribution in [2.75, 3.05) is 0 Å². The Morgan fingerprint density at radius 3 is 1.68 bits per heavy atom. The van der Waals surface area contributed by atoms with E-state index in [4.69, 9.17) is 0 Å². The molecule has 1 aromatic rings. The van der Waals surface area contributed by atoms with E-state index in [0.717, 1.165) is 24.3 Å². The van der Waals surface area contributed by atoms with Crippen LogP contribution in [-0.2, 0) is 15.0 Å². The molecular formula is C13H9F3Na2O4. The molecule has 22 heavy (non-hydrogen) atoms. The predicted octanol–water partition coefficient (Wildman–Crippen LogP) is -6.13. The Bertz CT molecular complexity index is 539. The zero-order valence-corrected chi connectivity index (χ0v) is 16.1. The molecule has 0 unspecified atom stereocenters. The topological polar surface area (TPSA) is 80.3 Å². The van der Waals surface area contributed by atoms with Gasteiger partial charge >= 0.3 is 65.3 Å². The minimum Gasteiger partial charge on any atom is -0.549 e. The van der Waals surface area contributed by atoms with Gasteiger partial charge in [-0.05, 0) is 24.0 Å². The summed E-state index contributed by atoms with van der Waals surface area (Å²) < 4.78 is 38.7. The number of aliphatic carboxylic acids is 2. The van der Waals surface area contributed by atoms with Crippen molar-refractivity contribution in [2.24, 2.45) is 0 Å². The van der Waals surface area contributed by atoms with Gasteiger partial charge in [0.05, 0.1) is 23.3 Å². The number of halogens is 3. The summed E-state index contributed by atoms with van der Waals surface area (Å²) in [5.74, 6) is -5.73. The van der Waals surface area contributed by atoms with Gasteiger partial charge in [0.2, 0.25) is 0 Å². The van der Waals surface area contributed by atoms with Gasteiger partial charge in [0.25, 0.3) is 0 Å². The Kier molecular flexibility index (Phi) is 7.66. The minimum atomic E-state index is -4.38. The molecule has 0 radical (unpaired) electrons. The Morgan fingerprint density at radius 1 is 1.00 bits per heavy atom. The number of carbonyl (C=O) groups excluding carboxylic acids is 2. The molecule has 0 aromatic heterocycles. The fraction of sp³-hybridized carbons (Fsp3) is 0.385. The number of carboxylic acid groups (broad SMARTS) is 2. The van der Waals surface area contributed by atoms with Crippen molar-refractivity contribution >= 4 is 11.9 Å². The molecule has 0 atom stereocenters. The predicted molar refractivity (Wildman–Crippen MR) is 56.2 cm³/mol. The van der Waals surface area contributed by atoms with Crippen LogP contribution in [0.4, 0.5) is 13.2 Å². The Morgan fingerprint density at radius 2 is 1.41 bits per heavy atom. The van der Waals surface area contributed by atoms with Crippen molar-refractivity contribution in [2.45, 2.75) is 30.4 Å². The van der Waals surface area contributed by atoms with Crippen LogP contribution < -0.4 is 69.3 Å². The number of rotatable bonds is 4. The number of carbonyl (C=O) groups is 2. The first-order chi connectivity index (χ1) is 9.19. The van der Waals surface area contributed by atoms with E-state index in [0.29, 0.717) is 0 Å². The van der Waals surface area contributed by atoms with Crippen LogP contribution in [0.2, 0.25) is 0 Å². The Labute approximate surface area is 168 Å². The van der Waals surface area contributed by atoms with Crippen molar-refractivity contribution in [3.8, 4) is 0 Å². The third-order valence-electron chi connectivity index (χ3n) is 3.56. The summed E-state index contributed by atoms with van der Waals surface area (Å²) >= 11 is 0. The zero-order chi connectivity index (χ0) is 15.1. The average molecular weight is 332 g/mol. The van der Waals surface area contributed by atoms with E-state index in [1.165, 1.54) is 0 Å². The molecule has 0 heterocycles. The van der Waals surface area contributed by atoms with Gasteiger partial charge in [-0.3, -0.25) is 0 Å². The molecule has 1 aliphatic rings. The van der Waals surface area contributed by atoms with Gasteiger partial charge in [0.15, 0.2) is 0 Å². The van der Waals surface area contributed by atoms with Gasteiger partial charge in [-0.15, -0.1) is 0 Å². The maximum absolute atomic E-state index is 12.9. The second-order valence-electron chi connectivity index (χ2n) is 4.77. The molecule has 1 saturated carbocycles. The van der Waals surface area contributed by atoms with E-state index >= 15 is 0 Å². The van der Waals surface area contributed by atoms with Crippen LogP contribution in [0.3, 0.4) is 0 Å². The van der Waals surface area contributed by atoms with Crippen LogP contribution in [0, 0.1) is 0 Å². The monoisotopic (exact) mass is 332 g/mol. The number of carboxylic acids is 2. The molecule has 0 N–H and O–H groups in total. The quantitative estimate of drug-likeness (QED) is 0.406. The minimum absolute atomic E-state index is 0. The van der Waals surface area contributed by atoms with Crippen LogP contribution in [-0.4, -0.2) is 18.1 Å². The first-order valence-electron chi connectivity index (χ1n) is 5.78. The van der Waals surface area contributed by atoms with Gasteiger partial charge in [-0.25, -0.2) is 0 Å². The van der Waals surface area contributed by atoms with Crippen LogP contribution >= 0.6 is 0 Å². The van der Waals surface area contributed by atoms with Crippen molar-refractivity contribution < 1.29 is 92.1 Å². The van der Waals surface area contributed by atoms with Crippen LogP contribution in [0.15, 0.2) is 24.3 Å². The van der Waals surface area contributed by atoms with Gasteiger partial charge in [0, 0.05) is 0 Å². The number of alkyl halides is 3. The summed E-state index contributed by atoms with van der Waals surface area (Å²) in [5, 5.41) is 21.4. The van der Waals surface area contributed by atoms with Crippen molar-refractivity contribution in [1.29, 1.82) is 0 Å². The van der Waals surface area contributed by atoms with E-state index in [1.54, 1.807) is 0 Å². The van der Waals surface area contributed by atoms with Crippen molar-refractivity contribution in [1.82, 2.24) is 0 Å². The SMILES string of the molecule is O=C([O-])C(C(=O)[O-])c1ccc(C2(C(F)(F)F)CC2)cc1.[Na+].[Na+]. The molecule has 0 saturated heterocycles. The van der Waals surface area contributed by atoms with Crippen LogP contribution in [0.1, 0.15) is 29.9 Å². The summed E-state index contributed by atoms with van der Waals surface area (Å²) in [6, 6.07) is 4.32. The number of hydrogen-bond acceptors (Lipinski definition) is 4. The van der Waals surface area contributed by atoms with Crippen molar-refractivity contribution in [3.63, 3.8) is 0 Å². The fourth-order valence-corrected chi connectivity index (χ4v) is 2.22. The first kappa shape index (κ1) is 21.9. The van der Waals surface area contributed by atoms with E-state index in [1.807, 2.05) is 0 Å². The second kappa shape index (κ2) is 7.68. The van der Waals surface area contributed by atoms with Crippen molar-refractivity contribution in [3.05, 3.63) is 35.4 Å². The molecule has 1 aliphatic carbocycles. The summed E-state index contributed by atoms with van der Waals surface area (Å²) in [5.41, 5.74) is -2.06. The summed E-state index contributed by atoms with van der Waals surface area (Å²) in [6.45, 7) is 0. The molecule has 9 heteroatoms. The van der Waals surface area contributed by atoms with E-state index < -0.39 is 29.4 Å². The standard InChI is InChI=1S/C13H11F3O4.2Na/c14-13(15,16)12(5-6-12)8-3-1-7(2-4-8)9(10(17)18)11(19)20;;/h1-4,9H,5-6H2,(H,17,18)(H,19,20);;/q;2*+1/p-2. The smallest absolute Gasteiger partial charge is 0.549 e. The summed E-state index contributed by atoms with van der Waals surface area (Å²) in [7, 11) is 0. The number of benzene rings is 1. The third-order valence-corrected chi connectivity index (χ3v) is 3.56. The molecule has 0 aliphatic heterocycles. The maximum atomic E-state index is 12.9. The Balaban J connectivity index is 0.00000220. The molecule has 108 valence electrons. The van der Waals surface area contributed by atoms with Gasteiger partial charge < -0.3 is 19.8 Å². The Hall–Kier alpha value is -0.0500. The summed E-state index contributed by atoms with van der Waals surface area (Å²) in [6.07, 6.45) is -4.43. The molecule has 0 spiro atoms. The molecule has 0 bridgehead atoms. The van der Waals surface area contributed by atoms with Crippen LogP contribution in [0.25, 0.3) is 0 Å². The second-order valence-corrected chi connectivity index (χ2v) is 4.77. The summed E-state index contributed by atoms with van der Waals surface area (Å²) in [4.78, 5) is 21.4. The largest absolute Gasteiger partial charge is 1.00 e. The maximum Gasteiger partial charge on any atom is 1.00 e. The molecule has 0 amide bonds. The van der Waals surface area contributed by atoms with E-state index in [-0.39, 0.29) is 83.1 Å². The molecular weight excluding hydrogens is 323 g/mol. The normalized spacial score (nSPS) is 15.5. The molecule has 1 aromatic carbocycles. The molecule has 2 rings (SSSR count). The van der Waals surface area contributed by atoms with Gasteiger partial charge in [-0.2, -0.15) is 13.2 Å². The zero-order valence-electron chi connectivity index (χ0n) is 12.1. The van der Waals surface area contributed by atoms with E-state index in [2.05, 4.69) is 0 Å². The average Bonchev–Trinajstić information content (AvgIpc) is 3.09. The number of hydrogen-bond donors (Lipinski definition) is 0. The van der Waals surface area contributed by atoms with E-state index in [9.17, 15) is 33.0 Å². The van der Waals surface area contributed by atoms with Crippen LogP contribution in [0.5, 0.6) is 0 Å². The third kappa shape index (κ3) is 4.07. The first-order valence-corrected chi connectivity index (χ1v) is 5.78. The fourth-order valence-electron chi connectivity index (χ4n) is 2.22. The molecule has 1 fully saturated rings. The molecule has 4 nitrogen and oxygen atoms in total. The van der Waals surface area contributed by atoms with Gasteiger partial charge in [-0.1, -0.05) is 24.3 Å². The van der Waals surface area contributed by atoms with Gasteiger partial charge in [0.1, 0.15) is 0 Å².